The minimum Gasteiger partial charge on any atom is -0.421 e. The molecule has 0 aliphatic rings. The van der Waals surface area contributed by atoms with E-state index in [2.05, 4.69) is 15.5 Å². The summed E-state index contributed by atoms with van der Waals surface area (Å²) in [5.74, 6) is -0.364. The van der Waals surface area contributed by atoms with Gasteiger partial charge in [-0.15, -0.1) is 10.2 Å². The number of aromatic nitrogens is 2. The largest absolute Gasteiger partial charge is 0.421 e. The fourth-order valence-corrected chi connectivity index (χ4v) is 2.27. The van der Waals surface area contributed by atoms with Gasteiger partial charge in [0.2, 0.25) is 11.8 Å². The average molecular weight is 346 g/mol. The summed E-state index contributed by atoms with van der Waals surface area (Å²) in [4.78, 5) is 12.0. The lowest BCUT2D eigenvalue weighted by Crippen LogP contribution is -2.26. The third-order valence-corrected chi connectivity index (χ3v) is 3.52. The van der Waals surface area contributed by atoms with E-state index in [0.29, 0.717) is 23.2 Å². The van der Waals surface area contributed by atoms with Crippen molar-refractivity contribution in [3.8, 4) is 11.5 Å². The van der Waals surface area contributed by atoms with Gasteiger partial charge in [-0.2, -0.15) is 0 Å². The first-order valence-corrected chi connectivity index (χ1v) is 7.62. The van der Waals surface area contributed by atoms with Crippen LogP contribution in [0.4, 0.5) is 4.39 Å². The molecule has 0 saturated carbocycles. The van der Waals surface area contributed by atoms with Crippen LogP contribution in [0.1, 0.15) is 16.2 Å². The van der Waals surface area contributed by atoms with Gasteiger partial charge in [0.15, 0.2) is 0 Å². The summed E-state index contributed by atoms with van der Waals surface area (Å²) >= 11 is 5.77. The van der Waals surface area contributed by atoms with Crippen LogP contribution < -0.4 is 5.32 Å². The number of nitrogens with one attached hydrogen (secondary N) is 1. The quantitative estimate of drug-likeness (QED) is 0.768. The Morgan fingerprint density at radius 3 is 2.75 bits per heavy atom. The summed E-state index contributed by atoms with van der Waals surface area (Å²) in [6.45, 7) is 0.237. The minimum absolute atomic E-state index is 0.0991. The smallest absolute Gasteiger partial charge is 0.254 e. The molecule has 122 valence electrons. The van der Waals surface area contributed by atoms with E-state index in [-0.39, 0.29) is 12.1 Å². The van der Waals surface area contributed by atoms with Crippen molar-refractivity contribution in [3.63, 3.8) is 0 Å². The fourth-order valence-electron chi connectivity index (χ4n) is 2.10. The average Bonchev–Trinajstić information content (AvgIpc) is 3.06. The first-order chi connectivity index (χ1) is 11.6. The van der Waals surface area contributed by atoms with E-state index >= 15 is 0 Å². The Bertz CT molecular complexity index is 852. The van der Waals surface area contributed by atoms with Crippen molar-refractivity contribution in [2.75, 3.05) is 6.54 Å². The van der Waals surface area contributed by atoms with E-state index in [4.69, 9.17) is 16.0 Å². The highest BCUT2D eigenvalue weighted by molar-refractivity contribution is 6.31. The van der Waals surface area contributed by atoms with Crippen molar-refractivity contribution in [1.29, 1.82) is 0 Å². The maximum atomic E-state index is 13.6. The lowest BCUT2D eigenvalue weighted by Gasteiger charge is -2.05. The Kier molecular flexibility index (Phi) is 4.86. The summed E-state index contributed by atoms with van der Waals surface area (Å²) < 4.78 is 19.1. The second-order valence-electron chi connectivity index (χ2n) is 5.00. The van der Waals surface area contributed by atoms with Gasteiger partial charge in [-0.05, 0) is 30.3 Å². The van der Waals surface area contributed by atoms with E-state index in [0.717, 1.165) is 11.6 Å². The predicted octanol–water partition coefficient (Wildman–Crippen LogP) is 3.50. The summed E-state index contributed by atoms with van der Waals surface area (Å²) in [5.41, 5.74) is 0.722. The van der Waals surface area contributed by atoms with Gasteiger partial charge in [0.05, 0.1) is 5.56 Å². The maximum Gasteiger partial charge on any atom is 0.254 e. The summed E-state index contributed by atoms with van der Waals surface area (Å²) in [6.07, 6.45) is 0.341. The normalized spacial score (nSPS) is 10.6. The van der Waals surface area contributed by atoms with Crippen LogP contribution in [0.5, 0.6) is 0 Å². The first kappa shape index (κ1) is 16.1. The van der Waals surface area contributed by atoms with Gasteiger partial charge in [0, 0.05) is 23.6 Å². The zero-order chi connectivity index (χ0) is 16.9. The molecule has 0 atom stereocenters. The summed E-state index contributed by atoms with van der Waals surface area (Å²) in [7, 11) is 0. The van der Waals surface area contributed by atoms with Gasteiger partial charge in [-0.1, -0.05) is 29.8 Å². The number of carbonyl (C=O) groups is 1. The number of amides is 1. The second-order valence-corrected chi connectivity index (χ2v) is 5.43. The third-order valence-electron chi connectivity index (χ3n) is 3.29. The topological polar surface area (TPSA) is 68.0 Å². The molecular weight excluding hydrogens is 333 g/mol. The third kappa shape index (κ3) is 3.78. The molecule has 0 radical (unpaired) electrons. The Morgan fingerprint density at radius 1 is 1.17 bits per heavy atom. The van der Waals surface area contributed by atoms with Gasteiger partial charge < -0.3 is 9.73 Å². The second kappa shape index (κ2) is 7.23. The SMILES string of the molecule is O=C(NCCc1nnc(-c2ccccc2)o1)c1cc(Cl)ccc1F. The van der Waals surface area contributed by atoms with Gasteiger partial charge in [-0.3, -0.25) is 4.79 Å². The molecule has 1 amide bonds. The number of halogens is 2. The van der Waals surface area contributed by atoms with Crippen LogP contribution in [0.25, 0.3) is 11.5 Å². The number of nitrogens with zero attached hydrogens (tertiary/aromatic N) is 2. The highest BCUT2D eigenvalue weighted by Gasteiger charge is 2.13. The molecule has 0 aliphatic heterocycles. The first-order valence-electron chi connectivity index (χ1n) is 7.24. The molecular formula is C17H13ClFN3O2. The van der Waals surface area contributed by atoms with Crippen LogP contribution in [0.15, 0.2) is 52.9 Å². The van der Waals surface area contributed by atoms with Crippen molar-refractivity contribution in [3.05, 3.63) is 70.8 Å². The molecule has 0 spiro atoms. The van der Waals surface area contributed by atoms with E-state index in [1.807, 2.05) is 30.3 Å². The molecule has 5 nitrogen and oxygen atoms in total. The molecule has 2 aromatic carbocycles. The van der Waals surface area contributed by atoms with Gasteiger partial charge >= 0.3 is 0 Å². The Hall–Kier alpha value is -2.73. The van der Waals surface area contributed by atoms with E-state index < -0.39 is 11.7 Å². The zero-order valence-electron chi connectivity index (χ0n) is 12.5. The number of carbonyl (C=O) groups excluding carboxylic acids is 1. The van der Waals surface area contributed by atoms with Crippen molar-refractivity contribution < 1.29 is 13.6 Å². The lowest BCUT2D eigenvalue weighted by molar-refractivity contribution is 0.0949. The van der Waals surface area contributed by atoms with Crippen LogP contribution in [0, 0.1) is 5.82 Å². The Labute approximate surface area is 142 Å². The predicted molar refractivity (Wildman–Crippen MR) is 87.2 cm³/mol. The van der Waals surface area contributed by atoms with Crippen LogP contribution in [0.3, 0.4) is 0 Å². The highest BCUT2D eigenvalue weighted by atomic mass is 35.5. The van der Waals surface area contributed by atoms with E-state index in [9.17, 15) is 9.18 Å². The van der Waals surface area contributed by atoms with Gasteiger partial charge in [0.1, 0.15) is 5.82 Å². The molecule has 1 N–H and O–H groups in total. The van der Waals surface area contributed by atoms with Crippen LogP contribution >= 0.6 is 11.6 Å². The van der Waals surface area contributed by atoms with E-state index in [1.54, 1.807) is 0 Å². The van der Waals surface area contributed by atoms with Crippen molar-refractivity contribution >= 4 is 17.5 Å². The molecule has 0 fully saturated rings. The Balaban J connectivity index is 1.58. The summed E-state index contributed by atoms with van der Waals surface area (Å²) in [5, 5.41) is 10.8. The molecule has 3 rings (SSSR count). The molecule has 3 aromatic rings. The maximum absolute atomic E-state index is 13.6. The molecule has 0 aliphatic carbocycles. The molecule has 0 unspecified atom stereocenters. The number of hydrogen-bond donors (Lipinski definition) is 1. The minimum atomic E-state index is -0.624. The molecule has 0 saturated heterocycles. The van der Waals surface area contributed by atoms with E-state index in [1.165, 1.54) is 12.1 Å². The fraction of sp³-hybridized carbons (Fsp3) is 0.118. The van der Waals surface area contributed by atoms with Crippen LogP contribution in [-0.4, -0.2) is 22.6 Å². The van der Waals surface area contributed by atoms with Crippen LogP contribution in [-0.2, 0) is 6.42 Å². The van der Waals surface area contributed by atoms with Gasteiger partial charge in [0.25, 0.3) is 5.91 Å². The molecule has 7 heteroatoms. The number of benzene rings is 2. The van der Waals surface area contributed by atoms with Crippen molar-refractivity contribution in [2.24, 2.45) is 0 Å². The Morgan fingerprint density at radius 2 is 1.96 bits per heavy atom. The number of hydrogen-bond acceptors (Lipinski definition) is 4. The lowest BCUT2D eigenvalue weighted by atomic mass is 10.2. The summed E-state index contributed by atoms with van der Waals surface area (Å²) in [6, 6.07) is 13.2. The van der Waals surface area contributed by atoms with Crippen molar-refractivity contribution in [1.82, 2.24) is 15.5 Å². The molecule has 1 aromatic heterocycles. The zero-order valence-corrected chi connectivity index (χ0v) is 13.3. The van der Waals surface area contributed by atoms with Gasteiger partial charge in [-0.25, -0.2) is 4.39 Å². The van der Waals surface area contributed by atoms with Crippen LogP contribution in [0.2, 0.25) is 5.02 Å². The monoisotopic (exact) mass is 345 g/mol. The molecule has 0 bridgehead atoms. The molecule has 1 heterocycles. The standard InChI is InChI=1S/C17H13ClFN3O2/c18-12-6-7-14(19)13(10-12)16(23)20-9-8-15-21-22-17(24-15)11-4-2-1-3-5-11/h1-7,10H,8-9H2,(H,20,23). The molecule has 24 heavy (non-hydrogen) atoms. The van der Waals surface area contributed by atoms with Crippen molar-refractivity contribution in [2.45, 2.75) is 6.42 Å². The number of rotatable bonds is 5. The highest BCUT2D eigenvalue weighted by Crippen LogP contribution is 2.17.